The van der Waals surface area contributed by atoms with Crippen molar-refractivity contribution in [2.24, 2.45) is 0 Å². The molecule has 1 aromatic heterocycles. The SMILES string of the molecule is CCc1cnccc1CCCc1ccccc1. The number of hydrogen-bond acceptors (Lipinski definition) is 1. The predicted octanol–water partition coefficient (Wildman–Crippen LogP) is 3.82. The Kier molecular flexibility index (Phi) is 4.31. The monoisotopic (exact) mass is 225 g/mol. The zero-order chi connectivity index (χ0) is 11.9. The van der Waals surface area contributed by atoms with E-state index in [1.165, 1.54) is 23.1 Å². The largest absolute Gasteiger partial charge is 0.264 e. The summed E-state index contributed by atoms with van der Waals surface area (Å²) in [5.41, 5.74) is 4.28. The van der Waals surface area contributed by atoms with Gasteiger partial charge in [0.15, 0.2) is 0 Å². The maximum atomic E-state index is 4.18. The Balaban J connectivity index is 1.90. The Bertz CT molecular complexity index is 448. The lowest BCUT2D eigenvalue weighted by Gasteiger charge is -2.06. The minimum atomic E-state index is 1.08. The molecule has 0 N–H and O–H groups in total. The van der Waals surface area contributed by atoms with E-state index in [-0.39, 0.29) is 0 Å². The van der Waals surface area contributed by atoms with Gasteiger partial charge in [0, 0.05) is 12.4 Å². The van der Waals surface area contributed by atoms with Crippen molar-refractivity contribution in [3.63, 3.8) is 0 Å². The molecule has 0 saturated heterocycles. The van der Waals surface area contributed by atoms with Gasteiger partial charge in [0.25, 0.3) is 0 Å². The molecule has 0 aliphatic rings. The van der Waals surface area contributed by atoms with E-state index in [9.17, 15) is 0 Å². The van der Waals surface area contributed by atoms with Gasteiger partial charge in [-0.1, -0.05) is 37.3 Å². The smallest absolute Gasteiger partial charge is 0.0302 e. The Morgan fingerprint density at radius 1 is 0.941 bits per heavy atom. The zero-order valence-electron chi connectivity index (χ0n) is 10.4. The first-order valence-corrected chi connectivity index (χ1v) is 6.36. The lowest BCUT2D eigenvalue weighted by atomic mass is 10.0. The van der Waals surface area contributed by atoms with Gasteiger partial charge in [0.1, 0.15) is 0 Å². The maximum absolute atomic E-state index is 4.18. The first kappa shape index (κ1) is 11.8. The molecule has 1 nitrogen and oxygen atoms in total. The Labute approximate surface area is 104 Å². The van der Waals surface area contributed by atoms with Crippen LogP contribution in [-0.4, -0.2) is 4.98 Å². The van der Waals surface area contributed by atoms with Crippen molar-refractivity contribution in [1.82, 2.24) is 4.98 Å². The van der Waals surface area contributed by atoms with Gasteiger partial charge in [0.2, 0.25) is 0 Å². The third-order valence-electron chi connectivity index (χ3n) is 3.14. The highest BCUT2D eigenvalue weighted by atomic mass is 14.6. The molecule has 0 amide bonds. The molecule has 1 heteroatoms. The van der Waals surface area contributed by atoms with Gasteiger partial charge >= 0.3 is 0 Å². The highest BCUT2D eigenvalue weighted by Crippen LogP contribution is 2.12. The average Bonchev–Trinajstić information content (AvgIpc) is 2.40. The van der Waals surface area contributed by atoms with Crippen LogP contribution in [0.25, 0.3) is 0 Å². The summed E-state index contributed by atoms with van der Waals surface area (Å²) in [4.78, 5) is 4.18. The number of aryl methyl sites for hydroxylation is 3. The molecule has 0 aliphatic carbocycles. The second-order valence-electron chi connectivity index (χ2n) is 4.34. The normalized spacial score (nSPS) is 10.4. The van der Waals surface area contributed by atoms with Crippen molar-refractivity contribution in [2.75, 3.05) is 0 Å². The second kappa shape index (κ2) is 6.19. The summed E-state index contributed by atoms with van der Waals surface area (Å²) < 4.78 is 0. The molecule has 0 atom stereocenters. The van der Waals surface area contributed by atoms with E-state index in [1.807, 2.05) is 12.4 Å². The van der Waals surface area contributed by atoms with Crippen molar-refractivity contribution in [2.45, 2.75) is 32.6 Å². The predicted molar refractivity (Wildman–Crippen MR) is 72.1 cm³/mol. The van der Waals surface area contributed by atoms with E-state index in [0.29, 0.717) is 0 Å². The van der Waals surface area contributed by atoms with E-state index in [1.54, 1.807) is 0 Å². The Morgan fingerprint density at radius 2 is 1.76 bits per heavy atom. The van der Waals surface area contributed by atoms with Crippen LogP contribution < -0.4 is 0 Å². The quantitative estimate of drug-likeness (QED) is 0.754. The number of hydrogen-bond donors (Lipinski definition) is 0. The fraction of sp³-hybridized carbons (Fsp3) is 0.312. The Morgan fingerprint density at radius 3 is 2.53 bits per heavy atom. The minimum Gasteiger partial charge on any atom is -0.264 e. The maximum Gasteiger partial charge on any atom is 0.0302 e. The van der Waals surface area contributed by atoms with Gasteiger partial charge in [0.05, 0.1) is 0 Å². The number of pyridine rings is 1. The highest BCUT2D eigenvalue weighted by Gasteiger charge is 2.00. The molecule has 17 heavy (non-hydrogen) atoms. The van der Waals surface area contributed by atoms with Crippen LogP contribution >= 0.6 is 0 Å². The molecular formula is C16H19N. The number of rotatable bonds is 5. The van der Waals surface area contributed by atoms with Gasteiger partial charge in [-0.3, -0.25) is 4.98 Å². The summed E-state index contributed by atoms with van der Waals surface area (Å²) in [5, 5.41) is 0. The lowest BCUT2D eigenvalue weighted by molar-refractivity contribution is 0.808. The lowest BCUT2D eigenvalue weighted by Crippen LogP contribution is -1.95. The van der Waals surface area contributed by atoms with E-state index < -0.39 is 0 Å². The second-order valence-corrected chi connectivity index (χ2v) is 4.34. The molecule has 2 aromatic rings. The fourth-order valence-corrected chi connectivity index (χ4v) is 2.15. The summed E-state index contributed by atoms with van der Waals surface area (Å²) in [6, 6.07) is 12.9. The molecule has 1 heterocycles. The third kappa shape index (κ3) is 3.42. The van der Waals surface area contributed by atoms with Crippen LogP contribution in [0.2, 0.25) is 0 Å². The third-order valence-corrected chi connectivity index (χ3v) is 3.14. The van der Waals surface area contributed by atoms with Crippen LogP contribution in [0.1, 0.15) is 30.0 Å². The first-order valence-electron chi connectivity index (χ1n) is 6.36. The average molecular weight is 225 g/mol. The molecule has 0 bridgehead atoms. The van der Waals surface area contributed by atoms with Crippen molar-refractivity contribution in [3.8, 4) is 0 Å². The summed E-state index contributed by atoms with van der Waals surface area (Å²) in [6.07, 6.45) is 8.50. The Hall–Kier alpha value is -1.63. The molecule has 0 fully saturated rings. The topological polar surface area (TPSA) is 12.9 Å². The van der Waals surface area contributed by atoms with Crippen LogP contribution in [0.4, 0.5) is 0 Å². The van der Waals surface area contributed by atoms with Crippen LogP contribution in [-0.2, 0) is 19.3 Å². The molecule has 2 rings (SSSR count). The summed E-state index contributed by atoms with van der Waals surface area (Å²) >= 11 is 0. The van der Waals surface area contributed by atoms with Gasteiger partial charge in [-0.15, -0.1) is 0 Å². The van der Waals surface area contributed by atoms with Gasteiger partial charge in [-0.2, -0.15) is 0 Å². The zero-order valence-corrected chi connectivity index (χ0v) is 10.4. The van der Waals surface area contributed by atoms with Crippen molar-refractivity contribution in [1.29, 1.82) is 0 Å². The number of nitrogens with zero attached hydrogens (tertiary/aromatic N) is 1. The van der Waals surface area contributed by atoms with E-state index in [4.69, 9.17) is 0 Å². The van der Waals surface area contributed by atoms with Crippen molar-refractivity contribution >= 4 is 0 Å². The first-order chi connectivity index (χ1) is 8.40. The van der Waals surface area contributed by atoms with Crippen molar-refractivity contribution < 1.29 is 0 Å². The van der Waals surface area contributed by atoms with Crippen LogP contribution in [0.3, 0.4) is 0 Å². The number of aromatic nitrogens is 1. The summed E-state index contributed by atoms with van der Waals surface area (Å²) in [5.74, 6) is 0. The molecule has 0 saturated carbocycles. The highest BCUT2D eigenvalue weighted by molar-refractivity contribution is 5.23. The van der Waals surface area contributed by atoms with Crippen molar-refractivity contribution in [3.05, 3.63) is 65.5 Å². The summed E-state index contributed by atoms with van der Waals surface area (Å²) in [7, 11) is 0. The molecule has 0 spiro atoms. The van der Waals surface area contributed by atoms with Crippen LogP contribution in [0.5, 0.6) is 0 Å². The van der Waals surface area contributed by atoms with E-state index >= 15 is 0 Å². The summed E-state index contributed by atoms with van der Waals surface area (Å²) in [6.45, 7) is 2.19. The van der Waals surface area contributed by atoms with E-state index in [0.717, 1.165) is 19.3 Å². The minimum absolute atomic E-state index is 1.08. The van der Waals surface area contributed by atoms with Gasteiger partial charge in [-0.25, -0.2) is 0 Å². The number of benzene rings is 1. The van der Waals surface area contributed by atoms with E-state index in [2.05, 4.69) is 48.3 Å². The van der Waals surface area contributed by atoms with Gasteiger partial charge < -0.3 is 0 Å². The van der Waals surface area contributed by atoms with Crippen LogP contribution in [0.15, 0.2) is 48.8 Å². The molecule has 0 unspecified atom stereocenters. The fourth-order valence-electron chi connectivity index (χ4n) is 2.15. The molecule has 0 aliphatic heterocycles. The molecule has 1 aromatic carbocycles. The molecular weight excluding hydrogens is 206 g/mol. The van der Waals surface area contributed by atoms with Gasteiger partial charge in [-0.05, 0) is 48.4 Å². The molecule has 88 valence electrons. The van der Waals surface area contributed by atoms with Crippen LogP contribution in [0, 0.1) is 0 Å². The molecule has 0 radical (unpaired) electrons. The standard InChI is InChI=1S/C16H19N/c1-2-15-13-17-12-11-16(15)10-6-9-14-7-4-3-5-8-14/h3-5,7-8,11-13H,2,6,9-10H2,1H3.